The van der Waals surface area contributed by atoms with Gasteiger partial charge < -0.3 is 15.2 Å². The minimum absolute atomic E-state index is 0.0336. The summed E-state index contributed by atoms with van der Waals surface area (Å²) >= 11 is 1.28. The second-order valence-corrected chi connectivity index (χ2v) is 7.61. The Hall–Kier alpha value is -3.00. The molecule has 2 aromatic heterocycles. The first kappa shape index (κ1) is 17.4. The zero-order valence-electron chi connectivity index (χ0n) is 14.9. The first-order valence-corrected chi connectivity index (χ1v) is 9.44. The monoisotopic (exact) mass is 382 g/mol. The van der Waals surface area contributed by atoms with Crippen molar-refractivity contribution in [3.8, 4) is 11.4 Å². The van der Waals surface area contributed by atoms with Crippen molar-refractivity contribution in [3.63, 3.8) is 0 Å². The Morgan fingerprint density at radius 1 is 1.19 bits per heavy atom. The summed E-state index contributed by atoms with van der Waals surface area (Å²) in [7, 11) is 0. The van der Waals surface area contributed by atoms with Crippen LogP contribution in [0.1, 0.15) is 34.0 Å². The van der Waals surface area contributed by atoms with E-state index in [-0.39, 0.29) is 17.7 Å². The van der Waals surface area contributed by atoms with Crippen LogP contribution in [0.2, 0.25) is 0 Å². The van der Waals surface area contributed by atoms with Crippen LogP contribution in [0.15, 0.2) is 34.9 Å². The summed E-state index contributed by atoms with van der Waals surface area (Å²) in [4.78, 5) is 29.3. The molecule has 4 rings (SSSR count). The first-order valence-electron chi connectivity index (χ1n) is 8.63. The number of benzene rings is 1. The molecular weight excluding hydrogens is 364 g/mol. The Labute approximate surface area is 159 Å². The molecule has 0 aliphatic heterocycles. The normalized spacial score (nSPS) is 13.4. The molecule has 8 heteroatoms. The van der Waals surface area contributed by atoms with Gasteiger partial charge in [0.15, 0.2) is 0 Å². The van der Waals surface area contributed by atoms with Crippen molar-refractivity contribution in [1.82, 2.24) is 10.1 Å². The van der Waals surface area contributed by atoms with Crippen molar-refractivity contribution in [2.45, 2.75) is 26.7 Å². The van der Waals surface area contributed by atoms with E-state index in [4.69, 9.17) is 4.52 Å². The number of anilines is 2. The fraction of sp³-hybridized carbons (Fsp3) is 0.263. The van der Waals surface area contributed by atoms with Crippen molar-refractivity contribution in [3.05, 3.63) is 46.7 Å². The first-order chi connectivity index (χ1) is 13.0. The van der Waals surface area contributed by atoms with E-state index < -0.39 is 0 Å². The predicted octanol–water partition coefficient (Wildman–Crippen LogP) is 4.02. The quantitative estimate of drug-likeness (QED) is 0.695. The molecule has 0 unspecified atom stereocenters. The second-order valence-electron chi connectivity index (χ2n) is 6.56. The highest BCUT2D eigenvalue weighted by Crippen LogP contribution is 2.33. The van der Waals surface area contributed by atoms with Gasteiger partial charge in [-0.25, -0.2) is 0 Å². The zero-order chi connectivity index (χ0) is 19.0. The van der Waals surface area contributed by atoms with Crippen molar-refractivity contribution in [1.29, 1.82) is 0 Å². The van der Waals surface area contributed by atoms with E-state index in [0.717, 1.165) is 24.0 Å². The Balaban J connectivity index is 1.49. The highest BCUT2D eigenvalue weighted by molar-refractivity contribution is 7.18. The molecule has 1 saturated carbocycles. The number of thiophene rings is 1. The van der Waals surface area contributed by atoms with Gasteiger partial charge in [0.1, 0.15) is 0 Å². The van der Waals surface area contributed by atoms with Crippen LogP contribution in [0.4, 0.5) is 10.7 Å². The molecule has 1 aliphatic carbocycles. The number of aromatic nitrogens is 2. The average molecular weight is 382 g/mol. The fourth-order valence-corrected chi connectivity index (χ4v) is 3.65. The topological polar surface area (TPSA) is 97.1 Å². The molecule has 2 heterocycles. The summed E-state index contributed by atoms with van der Waals surface area (Å²) in [5.41, 5.74) is 2.22. The Morgan fingerprint density at radius 3 is 2.70 bits per heavy atom. The zero-order valence-corrected chi connectivity index (χ0v) is 15.7. The summed E-state index contributed by atoms with van der Waals surface area (Å²) in [6, 6.07) is 9.09. The number of aryl methyl sites for hydroxylation is 2. The van der Waals surface area contributed by atoms with E-state index >= 15 is 0 Å². The maximum absolute atomic E-state index is 12.7. The second kappa shape index (κ2) is 6.96. The molecule has 0 spiro atoms. The Bertz CT molecular complexity index is 1020. The molecule has 2 N–H and O–H groups in total. The summed E-state index contributed by atoms with van der Waals surface area (Å²) < 4.78 is 5.00. The van der Waals surface area contributed by atoms with Crippen LogP contribution in [0, 0.1) is 19.8 Å². The molecule has 0 saturated heterocycles. The van der Waals surface area contributed by atoms with E-state index in [0.29, 0.717) is 27.3 Å². The number of hydrogen-bond acceptors (Lipinski definition) is 6. The molecule has 27 heavy (non-hydrogen) atoms. The third-order valence-corrected chi connectivity index (χ3v) is 5.38. The van der Waals surface area contributed by atoms with Gasteiger partial charge in [-0.05, 0) is 43.5 Å². The van der Waals surface area contributed by atoms with E-state index in [1.807, 2.05) is 25.1 Å². The molecule has 0 atom stereocenters. The number of carbonyl (C=O) groups is 2. The van der Waals surface area contributed by atoms with Gasteiger partial charge in [-0.15, -0.1) is 11.3 Å². The van der Waals surface area contributed by atoms with E-state index in [1.165, 1.54) is 11.3 Å². The molecule has 2 amide bonds. The van der Waals surface area contributed by atoms with Gasteiger partial charge in [-0.1, -0.05) is 17.3 Å². The molecule has 7 nitrogen and oxygen atoms in total. The SMILES string of the molecule is Cc1nc(-c2cccc(NC(=O)c3sc(NC(=O)C4CC4)cc3C)c2)no1. The molecule has 1 aromatic carbocycles. The van der Waals surface area contributed by atoms with Gasteiger partial charge in [0.2, 0.25) is 17.6 Å². The number of carbonyl (C=O) groups excluding carboxylic acids is 2. The fourth-order valence-electron chi connectivity index (χ4n) is 2.68. The van der Waals surface area contributed by atoms with Crippen molar-refractivity contribution in [2.75, 3.05) is 10.6 Å². The number of nitrogens with zero attached hydrogens (tertiary/aromatic N) is 2. The number of hydrogen-bond donors (Lipinski definition) is 2. The molecule has 1 aliphatic rings. The largest absolute Gasteiger partial charge is 0.339 e. The van der Waals surface area contributed by atoms with Crippen LogP contribution in [-0.4, -0.2) is 22.0 Å². The molecule has 3 aromatic rings. The van der Waals surface area contributed by atoms with Gasteiger partial charge in [0, 0.05) is 24.1 Å². The van der Waals surface area contributed by atoms with E-state index in [2.05, 4.69) is 20.8 Å². The van der Waals surface area contributed by atoms with Crippen LogP contribution in [-0.2, 0) is 4.79 Å². The molecular formula is C19H18N4O3S. The van der Waals surface area contributed by atoms with E-state index in [1.54, 1.807) is 19.1 Å². The molecule has 0 bridgehead atoms. The molecule has 0 radical (unpaired) electrons. The predicted molar refractivity (Wildman–Crippen MR) is 103 cm³/mol. The summed E-state index contributed by atoms with van der Waals surface area (Å²) in [6.45, 7) is 3.58. The van der Waals surface area contributed by atoms with Gasteiger partial charge in [0.05, 0.1) is 9.88 Å². The van der Waals surface area contributed by atoms with Gasteiger partial charge in [0.25, 0.3) is 5.91 Å². The Kier molecular flexibility index (Phi) is 4.49. The van der Waals surface area contributed by atoms with Gasteiger partial charge >= 0.3 is 0 Å². The minimum atomic E-state index is -0.217. The van der Waals surface area contributed by atoms with Crippen molar-refractivity contribution in [2.24, 2.45) is 5.92 Å². The lowest BCUT2D eigenvalue weighted by Crippen LogP contribution is -2.12. The van der Waals surface area contributed by atoms with Crippen LogP contribution in [0.5, 0.6) is 0 Å². The third kappa shape index (κ3) is 3.90. The van der Waals surface area contributed by atoms with Crippen LogP contribution in [0.3, 0.4) is 0 Å². The minimum Gasteiger partial charge on any atom is -0.339 e. The third-order valence-electron chi connectivity index (χ3n) is 4.22. The van der Waals surface area contributed by atoms with Crippen molar-refractivity contribution >= 4 is 33.8 Å². The number of rotatable bonds is 5. The van der Waals surface area contributed by atoms with Gasteiger partial charge in [-0.3, -0.25) is 9.59 Å². The maximum atomic E-state index is 12.7. The number of nitrogens with one attached hydrogen (secondary N) is 2. The van der Waals surface area contributed by atoms with Crippen LogP contribution < -0.4 is 10.6 Å². The smallest absolute Gasteiger partial charge is 0.266 e. The molecule has 1 fully saturated rings. The highest BCUT2D eigenvalue weighted by Gasteiger charge is 2.30. The van der Waals surface area contributed by atoms with Crippen LogP contribution >= 0.6 is 11.3 Å². The van der Waals surface area contributed by atoms with Crippen molar-refractivity contribution < 1.29 is 14.1 Å². The summed E-state index contributed by atoms with van der Waals surface area (Å²) in [5.74, 6) is 0.897. The van der Waals surface area contributed by atoms with Gasteiger partial charge in [-0.2, -0.15) is 4.98 Å². The summed E-state index contributed by atoms with van der Waals surface area (Å²) in [5, 5.41) is 10.4. The standard InChI is InChI=1S/C19H18N4O3S/c1-10-8-15(22-18(24)12-6-7-12)27-16(10)19(25)21-14-5-3-4-13(9-14)17-20-11(2)26-23-17/h3-5,8-9,12H,6-7H2,1-2H3,(H,21,25)(H,22,24). The highest BCUT2D eigenvalue weighted by atomic mass is 32.1. The Morgan fingerprint density at radius 2 is 2.00 bits per heavy atom. The molecule has 138 valence electrons. The summed E-state index contributed by atoms with van der Waals surface area (Å²) in [6.07, 6.45) is 1.89. The maximum Gasteiger partial charge on any atom is 0.266 e. The lowest BCUT2D eigenvalue weighted by molar-refractivity contribution is -0.117. The van der Waals surface area contributed by atoms with E-state index in [9.17, 15) is 9.59 Å². The lowest BCUT2D eigenvalue weighted by Gasteiger charge is -2.05. The average Bonchev–Trinajstić information content (AvgIpc) is 3.31. The number of amides is 2. The van der Waals surface area contributed by atoms with Crippen LogP contribution in [0.25, 0.3) is 11.4 Å². The lowest BCUT2D eigenvalue weighted by atomic mass is 10.2.